The molecule has 0 unspecified atom stereocenters. The van der Waals surface area contributed by atoms with Gasteiger partial charge in [-0.25, -0.2) is 0 Å². The Morgan fingerprint density at radius 2 is 1.79 bits per heavy atom. The zero-order valence-electron chi connectivity index (χ0n) is 21.0. The summed E-state index contributed by atoms with van der Waals surface area (Å²) < 4.78 is 38.1. The number of carbonyl (C=O) groups excluding carboxylic acids is 1. The first-order valence-corrected chi connectivity index (χ1v) is 13.3. The first-order valence-electron chi connectivity index (χ1n) is 11.1. The van der Waals surface area contributed by atoms with E-state index in [1.54, 1.807) is 36.4 Å². The molecular weight excluding hydrogens is 576 g/mol. The Labute approximate surface area is 256 Å². The molecule has 39 heavy (non-hydrogen) atoms. The largest absolute Gasteiger partial charge is 1.00 e. The van der Waals surface area contributed by atoms with E-state index in [1.807, 2.05) is 6.92 Å². The molecule has 0 spiro atoms. The summed E-state index contributed by atoms with van der Waals surface area (Å²) in [6.07, 6.45) is 0. The van der Waals surface area contributed by atoms with Gasteiger partial charge in [0.15, 0.2) is 0 Å². The molecule has 4 aromatic carbocycles. The smallest absolute Gasteiger partial charge is 0.870 e. The zero-order valence-corrected chi connectivity index (χ0v) is 25.4. The molecule has 0 fully saturated rings. The molecule has 4 aromatic rings. The average molecular weight is 596 g/mol. The van der Waals surface area contributed by atoms with Gasteiger partial charge in [0, 0.05) is 27.7 Å². The van der Waals surface area contributed by atoms with Crippen molar-refractivity contribution >= 4 is 67.1 Å². The molecule has 2 N–H and O–H groups in total. The number of nitrogens with one attached hydrogen (secondary N) is 1. The Hall–Kier alpha value is -2.70. The maximum absolute atomic E-state index is 13.4. The summed E-state index contributed by atoms with van der Waals surface area (Å²) in [5.41, 5.74) is 0.208. The molecule has 0 heterocycles. The van der Waals surface area contributed by atoms with Crippen LogP contribution in [0.2, 0.25) is 10.0 Å². The van der Waals surface area contributed by atoms with Crippen LogP contribution in [0.1, 0.15) is 22.8 Å². The molecule has 0 saturated heterocycles. The van der Waals surface area contributed by atoms with E-state index >= 15 is 0 Å². The minimum Gasteiger partial charge on any atom is -0.870 e. The van der Waals surface area contributed by atoms with Gasteiger partial charge in [-0.05, 0) is 55.1 Å². The molecule has 0 aliphatic rings. The van der Waals surface area contributed by atoms with E-state index in [1.165, 1.54) is 25.1 Å². The van der Waals surface area contributed by atoms with Gasteiger partial charge >= 0.3 is 29.6 Å². The van der Waals surface area contributed by atoms with E-state index < -0.39 is 26.7 Å². The molecule has 0 aliphatic carbocycles. The monoisotopic (exact) mass is 595 g/mol. The van der Waals surface area contributed by atoms with Crippen LogP contribution in [0.5, 0.6) is 11.5 Å². The maximum atomic E-state index is 13.4. The summed E-state index contributed by atoms with van der Waals surface area (Å²) in [5.74, 6) is -0.968. The van der Waals surface area contributed by atoms with Crippen molar-refractivity contribution in [2.24, 2.45) is 10.2 Å². The quantitative estimate of drug-likeness (QED) is 0.189. The SMILES string of the molecule is CCOc1cc(Cl)cc(NC(=O)c2cc3ccccc3c(N=Nc3cc(S(=O)(=O)O)cc(C)c3Cl)c2[O-])c1.[Na+]. The molecular formula is C26H20Cl2N3NaO6S. The number of anilines is 1. The average Bonchev–Trinajstić information content (AvgIpc) is 2.84. The molecule has 0 saturated carbocycles. The number of ether oxygens (including phenoxy) is 1. The van der Waals surface area contributed by atoms with Crippen molar-refractivity contribution < 1.29 is 57.2 Å². The van der Waals surface area contributed by atoms with Crippen LogP contribution < -0.4 is 44.7 Å². The van der Waals surface area contributed by atoms with Crippen LogP contribution >= 0.6 is 23.2 Å². The molecule has 1 amide bonds. The molecule has 9 nitrogen and oxygen atoms in total. The second-order valence-electron chi connectivity index (χ2n) is 8.13. The standard InChI is InChI=1S/C26H21Cl2N3O6S.Na/c1-3-37-18-11-16(27)10-17(12-18)29-26(33)21-9-15-6-4-5-7-20(15)24(25(21)32)31-30-22-13-19(38(34,35)36)8-14(2)23(22)28;/h4-13,32H,3H2,1-2H3,(H,29,33)(H,34,35,36);/q;+1/p-1. The summed E-state index contributed by atoms with van der Waals surface area (Å²) in [6, 6.07) is 15.1. The molecule has 196 valence electrons. The maximum Gasteiger partial charge on any atom is 1.00 e. The number of halogens is 2. The number of carbonyl (C=O) groups is 1. The van der Waals surface area contributed by atoms with E-state index in [0.717, 1.165) is 6.07 Å². The van der Waals surface area contributed by atoms with Crippen LogP contribution in [-0.2, 0) is 10.1 Å². The summed E-state index contributed by atoms with van der Waals surface area (Å²) in [7, 11) is -4.54. The minimum absolute atomic E-state index is 0. The second-order valence-corrected chi connectivity index (χ2v) is 10.4. The number of azo groups is 1. The van der Waals surface area contributed by atoms with Crippen LogP contribution in [0.3, 0.4) is 0 Å². The van der Waals surface area contributed by atoms with Crippen molar-refractivity contribution in [3.63, 3.8) is 0 Å². The summed E-state index contributed by atoms with van der Waals surface area (Å²) >= 11 is 12.4. The fourth-order valence-electron chi connectivity index (χ4n) is 3.70. The van der Waals surface area contributed by atoms with E-state index in [0.29, 0.717) is 39.4 Å². The number of hydrogen-bond donors (Lipinski definition) is 2. The molecule has 13 heteroatoms. The number of benzene rings is 4. The number of amides is 1. The molecule has 0 bridgehead atoms. The van der Waals surface area contributed by atoms with Gasteiger partial charge in [0.05, 0.1) is 22.2 Å². The van der Waals surface area contributed by atoms with Gasteiger partial charge in [0.2, 0.25) is 0 Å². The van der Waals surface area contributed by atoms with Crippen molar-refractivity contribution in [3.8, 4) is 11.5 Å². The van der Waals surface area contributed by atoms with Gasteiger partial charge in [0.25, 0.3) is 16.0 Å². The predicted octanol–water partition coefficient (Wildman–Crippen LogP) is 3.85. The normalized spacial score (nSPS) is 11.4. The van der Waals surface area contributed by atoms with E-state index in [4.69, 9.17) is 27.9 Å². The van der Waals surface area contributed by atoms with Crippen LogP contribution in [0.4, 0.5) is 17.1 Å². The fourth-order valence-corrected chi connectivity index (χ4v) is 4.66. The van der Waals surface area contributed by atoms with Gasteiger partial charge in [-0.3, -0.25) is 9.35 Å². The zero-order chi connectivity index (χ0) is 27.6. The van der Waals surface area contributed by atoms with Crippen LogP contribution in [0, 0.1) is 6.92 Å². The summed E-state index contributed by atoms with van der Waals surface area (Å²) in [4.78, 5) is 12.7. The van der Waals surface area contributed by atoms with E-state index in [2.05, 4.69) is 15.5 Å². The molecule has 4 rings (SSSR count). The Balaban J connectivity index is 0.00000420. The second kappa shape index (κ2) is 12.6. The van der Waals surface area contributed by atoms with E-state index in [-0.39, 0.29) is 51.5 Å². The predicted molar refractivity (Wildman–Crippen MR) is 144 cm³/mol. The third-order valence-electron chi connectivity index (χ3n) is 5.42. The summed E-state index contributed by atoms with van der Waals surface area (Å²) in [5, 5.41) is 25.5. The van der Waals surface area contributed by atoms with Gasteiger partial charge in [0.1, 0.15) is 11.4 Å². The number of fused-ring (bicyclic) bond motifs is 1. The van der Waals surface area contributed by atoms with Gasteiger partial charge in [-0.15, -0.1) is 5.11 Å². The number of nitrogens with zero attached hydrogens (tertiary/aromatic N) is 2. The number of rotatable bonds is 7. The third-order valence-corrected chi connectivity index (χ3v) is 6.97. The van der Waals surface area contributed by atoms with Gasteiger partial charge in [-0.2, -0.15) is 13.5 Å². The Morgan fingerprint density at radius 1 is 1.08 bits per heavy atom. The molecule has 0 aromatic heterocycles. The third kappa shape index (κ3) is 7.09. The van der Waals surface area contributed by atoms with Crippen molar-refractivity contribution in [3.05, 3.63) is 81.8 Å². The van der Waals surface area contributed by atoms with Crippen molar-refractivity contribution in [1.82, 2.24) is 0 Å². The van der Waals surface area contributed by atoms with Gasteiger partial charge in [-0.1, -0.05) is 53.2 Å². The Bertz CT molecular complexity index is 1710. The molecule has 0 aliphatic heterocycles. The summed E-state index contributed by atoms with van der Waals surface area (Å²) in [6.45, 7) is 3.73. The Morgan fingerprint density at radius 3 is 2.49 bits per heavy atom. The number of aryl methyl sites for hydroxylation is 1. The van der Waals surface area contributed by atoms with Crippen molar-refractivity contribution in [2.45, 2.75) is 18.7 Å². The van der Waals surface area contributed by atoms with Crippen LogP contribution in [0.25, 0.3) is 10.8 Å². The van der Waals surface area contributed by atoms with Crippen LogP contribution in [-0.4, -0.2) is 25.5 Å². The van der Waals surface area contributed by atoms with Crippen molar-refractivity contribution in [1.29, 1.82) is 0 Å². The molecule has 0 atom stereocenters. The topological polar surface area (TPSA) is 140 Å². The molecule has 0 radical (unpaired) electrons. The van der Waals surface area contributed by atoms with E-state index in [9.17, 15) is 22.9 Å². The first-order chi connectivity index (χ1) is 18.0. The van der Waals surface area contributed by atoms with Crippen LogP contribution in [0.15, 0.2) is 75.8 Å². The first kappa shape index (κ1) is 30.8. The number of hydrogen-bond acceptors (Lipinski definition) is 7. The van der Waals surface area contributed by atoms with Crippen molar-refractivity contribution in [2.75, 3.05) is 11.9 Å². The Kier molecular flexibility index (Phi) is 10.0. The fraction of sp³-hybridized carbons (Fsp3) is 0.115. The minimum atomic E-state index is -4.54. The van der Waals surface area contributed by atoms with Gasteiger partial charge < -0.3 is 15.2 Å².